The van der Waals surface area contributed by atoms with Crippen molar-refractivity contribution in [1.29, 1.82) is 0 Å². The fourth-order valence-electron chi connectivity index (χ4n) is 0.255. The first kappa shape index (κ1) is 9.67. The Labute approximate surface area is 83.2 Å². The van der Waals surface area contributed by atoms with Crippen LogP contribution in [0.5, 0.6) is 0 Å². The van der Waals surface area contributed by atoms with Crippen molar-refractivity contribution >= 4 is 60.9 Å². The van der Waals surface area contributed by atoms with Gasteiger partial charge >= 0.3 is 0 Å². The minimum absolute atomic E-state index is 1.76. The van der Waals surface area contributed by atoms with Crippen LogP contribution < -0.4 is 0 Å². The molecule has 1 heterocycles. The smallest absolute Gasteiger partial charge is 0.000550 e. The zero-order valence-electron chi connectivity index (χ0n) is 4.76. The summed E-state index contributed by atoms with van der Waals surface area (Å²) in [6, 6.07) is 0. The molecule has 0 amide bonds. The van der Waals surface area contributed by atoms with Crippen molar-refractivity contribution in [1.82, 2.24) is 0 Å². The normalized spacial score (nSPS) is 27.2. The molecule has 0 bridgehead atoms. The Kier molecular flexibility index (Phi) is 7.00. The predicted molar refractivity (Wildman–Crippen MR) is 63.8 cm³/mol. The maximum atomic E-state index is 2.09. The van der Waals surface area contributed by atoms with Gasteiger partial charge in [0.1, 0.15) is 0 Å². The molecule has 1 aliphatic heterocycles. The molecule has 0 unspecified atom stereocenters. The van der Waals surface area contributed by atoms with E-state index in [0.29, 0.717) is 0 Å². The molecule has 0 aromatic carbocycles. The van der Waals surface area contributed by atoms with Gasteiger partial charge in [-0.2, -0.15) is 0 Å². The van der Waals surface area contributed by atoms with Crippen molar-refractivity contribution in [2.24, 2.45) is 0 Å². The van der Waals surface area contributed by atoms with Gasteiger partial charge in [-0.05, 0) is 50.1 Å². The standard InChI is InChI=1S/C4H4S6/c1-2-4-6-8-10-9-7-5-3-1/h1-4H/b3-1-,4-2-. The highest BCUT2D eigenvalue weighted by molar-refractivity contribution is 9.42. The highest BCUT2D eigenvalue weighted by Crippen LogP contribution is 2.53. The van der Waals surface area contributed by atoms with E-state index < -0.39 is 0 Å². The summed E-state index contributed by atoms with van der Waals surface area (Å²) in [5.41, 5.74) is 0. The van der Waals surface area contributed by atoms with Gasteiger partial charge in [-0.3, -0.25) is 0 Å². The molecule has 0 aromatic heterocycles. The maximum absolute atomic E-state index is 2.09. The Balaban J connectivity index is 2.26. The highest BCUT2D eigenvalue weighted by atomic mass is 33.9. The molecule has 0 radical (unpaired) electrons. The summed E-state index contributed by atoms with van der Waals surface area (Å²) in [4.78, 5) is 0. The van der Waals surface area contributed by atoms with Gasteiger partial charge in [0.25, 0.3) is 0 Å². The van der Waals surface area contributed by atoms with Crippen LogP contribution in [0.15, 0.2) is 23.0 Å². The summed E-state index contributed by atoms with van der Waals surface area (Å²) in [5.74, 6) is 0. The third-order valence-electron chi connectivity index (χ3n) is 0.541. The molecule has 1 aliphatic rings. The molecule has 0 saturated heterocycles. The number of hydrogen-bond acceptors (Lipinski definition) is 6. The van der Waals surface area contributed by atoms with Gasteiger partial charge in [0.05, 0.1) is 0 Å². The van der Waals surface area contributed by atoms with E-state index in [9.17, 15) is 0 Å². The number of allylic oxidation sites excluding steroid dienone is 2. The quantitative estimate of drug-likeness (QED) is 0.546. The van der Waals surface area contributed by atoms with E-state index in [0.717, 1.165) is 0 Å². The molecule has 0 fully saturated rings. The Morgan fingerprint density at radius 2 is 1.10 bits per heavy atom. The lowest BCUT2D eigenvalue weighted by atomic mass is 10.6. The van der Waals surface area contributed by atoms with E-state index in [1.165, 1.54) is 0 Å². The molecule has 0 atom stereocenters. The summed E-state index contributed by atoms with van der Waals surface area (Å²) in [7, 11) is 10.7. The molecule has 0 saturated carbocycles. The Morgan fingerprint density at radius 3 is 1.60 bits per heavy atom. The third-order valence-corrected chi connectivity index (χ3v) is 10.5. The Bertz CT molecular complexity index is 114. The molecular formula is C4H4S6. The second-order valence-corrected chi connectivity index (χ2v) is 10.3. The first-order chi connectivity index (χ1) is 5.00. The summed E-state index contributed by atoms with van der Waals surface area (Å²) < 4.78 is 0. The summed E-state index contributed by atoms with van der Waals surface area (Å²) in [6.45, 7) is 0. The summed E-state index contributed by atoms with van der Waals surface area (Å²) in [5, 5.41) is 4.18. The molecule has 6 heteroatoms. The predicted octanol–water partition coefficient (Wildman–Crippen LogP) is 5.00. The van der Waals surface area contributed by atoms with E-state index >= 15 is 0 Å². The first-order valence-corrected chi connectivity index (χ1v) is 9.91. The minimum atomic E-state index is 1.76. The third kappa shape index (κ3) is 5.26. The molecule has 0 N–H and O–H groups in total. The van der Waals surface area contributed by atoms with E-state index in [1.807, 2.05) is 0 Å². The van der Waals surface area contributed by atoms with Crippen molar-refractivity contribution in [3.05, 3.63) is 23.0 Å². The zero-order chi connectivity index (χ0) is 7.07. The van der Waals surface area contributed by atoms with E-state index in [1.54, 1.807) is 60.9 Å². The van der Waals surface area contributed by atoms with Gasteiger partial charge in [-0.25, -0.2) is 0 Å². The second kappa shape index (κ2) is 7.24. The number of rotatable bonds is 0. The van der Waals surface area contributed by atoms with E-state index in [-0.39, 0.29) is 0 Å². The van der Waals surface area contributed by atoms with Gasteiger partial charge in [0.15, 0.2) is 0 Å². The zero-order valence-corrected chi connectivity index (χ0v) is 9.66. The van der Waals surface area contributed by atoms with Crippen LogP contribution in [-0.4, -0.2) is 0 Å². The monoisotopic (exact) mass is 244 g/mol. The minimum Gasteiger partial charge on any atom is -0.0545 e. The van der Waals surface area contributed by atoms with Crippen LogP contribution in [0, 0.1) is 0 Å². The Hall–Kier alpha value is 1.58. The molecule has 0 nitrogen and oxygen atoms in total. The SMILES string of the molecule is C1=C\SSSSSS\C=C/1. The van der Waals surface area contributed by atoms with Crippen LogP contribution in [0.3, 0.4) is 0 Å². The van der Waals surface area contributed by atoms with Gasteiger partial charge < -0.3 is 0 Å². The average Bonchev–Trinajstić information content (AvgIpc) is 2.01. The van der Waals surface area contributed by atoms with Crippen molar-refractivity contribution < 1.29 is 0 Å². The number of hydrogen-bond donors (Lipinski definition) is 0. The van der Waals surface area contributed by atoms with Crippen LogP contribution >= 0.6 is 60.9 Å². The van der Waals surface area contributed by atoms with Gasteiger partial charge in [-0.15, -0.1) is 0 Å². The fraction of sp³-hybridized carbons (Fsp3) is 0. The summed E-state index contributed by atoms with van der Waals surface area (Å²) >= 11 is 0. The van der Waals surface area contributed by atoms with Crippen molar-refractivity contribution in [2.75, 3.05) is 0 Å². The van der Waals surface area contributed by atoms with Crippen molar-refractivity contribution in [3.63, 3.8) is 0 Å². The largest absolute Gasteiger partial charge is 0.0545 e. The lowest BCUT2D eigenvalue weighted by molar-refractivity contribution is 2.10. The lowest BCUT2D eigenvalue weighted by Crippen LogP contribution is -1.45. The highest BCUT2D eigenvalue weighted by Gasteiger charge is 1.91. The average molecular weight is 244 g/mol. The van der Waals surface area contributed by atoms with Crippen LogP contribution in [-0.2, 0) is 0 Å². The topological polar surface area (TPSA) is 0 Å². The summed E-state index contributed by atoms with van der Waals surface area (Å²) in [6.07, 6.45) is 4.11. The van der Waals surface area contributed by atoms with Crippen LogP contribution in [0.2, 0.25) is 0 Å². The lowest BCUT2D eigenvalue weighted by Gasteiger charge is -1.94. The molecule has 0 aliphatic carbocycles. The first-order valence-electron chi connectivity index (χ1n) is 2.30. The molecule has 10 heavy (non-hydrogen) atoms. The fourth-order valence-corrected chi connectivity index (χ4v) is 10.2. The van der Waals surface area contributed by atoms with Crippen molar-refractivity contribution in [3.8, 4) is 0 Å². The molecule has 0 aromatic rings. The molecular weight excluding hydrogens is 240 g/mol. The molecule has 0 spiro atoms. The molecule has 1 rings (SSSR count). The van der Waals surface area contributed by atoms with E-state index in [2.05, 4.69) is 23.0 Å². The maximum Gasteiger partial charge on any atom is -0.000550 e. The van der Waals surface area contributed by atoms with Gasteiger partial charge in [0.2, 0.25) is 0 Å². The van der Waals surface area contributed by atoms with Crippen LogP contribution in [0.25, 0.3) is 0 Å². The molecule has 56 valence electrons. The van der Waals surface area contributed by atoms with E-state index in [4.69, 9.17) is 0 Å². The van der Waals surface area contributed by atoms with Crippen molar-refractivity contribution in [2.45, 2.75) is 0 Å². The van der Waals surface area contributed by atoms with Gasteiger partial charge in [0, 0.05) is 0 Å². The Morgan fingerprint density at radius 1 is 0.600 bits per heavy atom. The van der Waals surface area contributed by atoms with Crippen LogP contribution in [0.4, 0.5) is 0 Å². The van der Waals surface area contributed by atoms with Crippen LogP contribution in [0.1, 0.15) is 0 Å². The van der Waals surface area contributed by atoms with Gasteiger partial charge in [-0.1, -0.05) is 33.7 Å². The second-order valence-electron chi connectivity index (χ2n) is 1.12.